The zero-order valence-corrected chi connectivity index (χ0v) is 72.7. The van der Waals surface area contributed by atoms with Gasteiger partial charge in [0.15, 0.2) is 0 Å². The molecule has 0 atom stereocenters. The van der Waals surface area contributed by atoms with Crippen molar-refractivity contribution in [2.75, 3.05) is 4.90 Å². The molecule has 3 heterocycles. The molecule has 0 N–H and O–H groups in total. The summed E-state index contributed by atoms with van der Waals surface area (Å²) in [6.07, 6.45) is 0. The predicted octanol–water partition coefficient (Wildman–Crippen LogP) is 30.7. The van der Waals surface area contributed by atoms with E-state index in [-0.39, 0.29) is 33.8 Å². The van der Waals surface area contributed by atoms with E-state index in [4.69, 9.17) is 0 Å². The van der Waals surface area contributed by atoms with Gasteiger partial charge in [-0.2, -0.15) is 0 Å². The van der Waals surface area contributed by atoms with E-state index < -0.39 is 0 Å². The molecule has 0 fully saturated rings. The van der Waals surface area contributed by atoms with Crippen LogP contribution in [0.15, 0.2) is 362 Å². The third-order valence-corrected chi connectivity index (χ3v) is 26.3. The van der Waals surface area contributed by atoms with Crippen molar-refractivity contribution >= 4 is 73.7 Å². The first-order valence-electron chi connectivity index (χ1n) is 42.8. The Hall–Kier alpha value is -12.5. The van der Waals surface area contributed by atoms with E-state index in [1.807, 2.05) is 11.8 Å². The highest BCUT2D eigenvalue weighted by atomic mass is 32.2. The molecule has 0 radical (unpaired) electrons. The lowest BCUT2D eigenvalue weighted by Gasteiger charge is -2.43. The molecule has 19 rings (SSSR count). The lowest BCUT2D eigenvalue weighted by molar-refractivity contribution is 0.568. The molecule has 0 aliphatic carbocycles. The normalized spacial score (nSPS) is 12.9. The molecule has 0 unspecified atom stereocenters. The van der Waals surface area contributed by atoms with Crippen molar-refractivity contribution in [3.8, 4) is 117 Å². The maximum atomic E-state index is 2.78. The van der Waals surface area contributed by atoms with Crippen molar-refractivity contribution in [2.45, 2.75) is 141 Å². The number of aromatic nitrogens is 1. The van der Waals surface area contributed by atoms with Crippen LogP contribution in [0.2, 0.25) is 0 Å². The van der Waals surface area contributed by atoms with E-state index in [1.165, 1.54) is 154 Å². The van der Waals surface area contributed by atoms with Gasteiger partial charge in [-0.1, -0.05) is 376 Å². The van der Waals surface area contributed by atoms with Gasteiger partial charge in [0.1, 0.15) is 0 Å². The van der Waals surface area contributed by atoms with Gasteiger partial charge in [-0.25, -0.2) is 0 Å². The molecule has 586 valence electrons. The third-order valence-electron chi connectivity index (χ3n) is 25.1. The maximum absolute atomic E-state index is 2.78. The Bertz CT molecular complexity index is 6630. The van der Waals surface area contributed by atoms with Gasteiger partial charge in [-0.15, -0.1) is 0 Å². The van der Waals surface area contributed by atoms with Crippen LogP contribution in [0, 0.1) is 0 Å². The highest BCUT2D eigenvalue weighted by Crippen LogP contribution is 2.55. The minimum Gasteiger partial charge on any atom is -0.310 e. The van der Waals surface area contributed by atoms with Gasteiger partial charge >= 0.3 is 0 Å². The van der Waals surface area contributed by atoms with Crippen LogP contribution < -0.4 is 21.3 Å². The van der Waals surface area contributed by atoms with E-state index in [0.29, 0.717) is 0 Å². The Morgan fingerprint density at radius 2 is 0.600 bits per heavy atom. The van der Waals surface area contributed by atoms with E-state index in [1.54, 1.807) is 0 Å². The standard InChI is InChI=1S/C116H103BN2S/c1-112(2,3)91-60-87(61-92(70-91)113(4,5)6)81-51-53-102-106(67-81)119(110-98(82-45-33-43-78(55-82)74-35-21-16-22-36-74)72-95(116(13,14)15)73-99(110)83-46-34-44-79(56-83)75-37-23-17-24-38-75)107-68-89(80-52-54-105-101(64-80)97-49-31-32-50-104(97)118(105)96-47-29-20-30-48-96)69-108-109(107)117(102)103-66-88(65-100(111(103)120-108)90-62-93(114(7,8)9)71-94(63-90)115(10,11)12)86-58-84(76-39-25-18-26-40-76)57-85(59-86)77-41-27-19-28-42-77/h16-73H,1-15H3. The summed E-state index contributed by atoms with van der Waals surface area (Å²) in [4.78, 5) is 5.29. The Labute approximate surface area is 715 Å². The van der Waals surface area contributed by atoms with Crippen LogP contribution in [0.25, 0.3) is 139 Å². The van der Waals surface area contributed by atoms with E-state index in [0.717, 1.165) is 56.1 Å². The fraction of sp³-hybridized carbons (Fsp3) is 0.172. The number of benzene rings is 16. The topological polar surface area (TPSA) is 8.17 Å². The van der Waals surface area contributed by atoms with Crippen LogP contribution in [-0.2, 0) is 27.1 Å². The number of rotatable bonds is 12. The summed E-state index contributed by atoms with van der Waals surface area (Å²) >= 11 is 1.97. The minimum atomic E-state index is -0.267. The molecule has 1 aromatic heterocycles. The van der Waals surface area contributed by atoms with Crippen LogP contribution >= 0.6 is 11.8 Å². The Kier molecular flexibility index (Phi) is 19.2. The summed E-state index contributed by atoms with van der Waals surface area (Å²) in [6, 6.07) is 135. The highest BCUT2D eigenvalue weighted by molar-refractivity contribution is 8.00. The number of hydrogen-bond donors (Lipinski definition) is 0. The first-order chi connectivity index (χ1) is 57.6. The van der Waals surface area contributed by atoms with E-state index >= 15 is 0 Å². The van der Waals surface area contributed by atoms with E-state index in [9.17, 15) is 0 Å². The summed E-state index contributed by atoms with van der Waals surface area (Å²) in [5.41, 5.74) is 39.9. The van der Waals surface area contributed by atoms with Gasteiger partial charge in [0, 0.05) is 48.8 Å². The van der Waals surface area contributed by atoms with Crippen molar-refractivity contribution in [3.05, 3.63) is 380 Å². The molecule has 2 aliphatic rings. The Morgan fingerprint density at radius 1 is 0.233 bits per heavy atom. The summed E-state index contributed by atoms with van der Waals surface area (Å²) in [6.45, 7) is 35.4. The number of nitrogens with zero attached hydrogens (tertiary/aromatic N) is 2. The summed E-state index contributed by atoms with van der Waals surface area (Å²) in [5.74, 6) is 0. The molecular formula is C116H103BN2S. The van der Waals surface area contributed by atoms with Crippen molar-refractivity contribution in [2.24, 2.45) is 0 Å². The van der Waals surface area contributed by atoms with Crippen LogP contribution in [0.5, 0.6) is 0 Å². The number of para-hydroxylation sites is 2. The molecule has 0 spiro atoms. The van der Waals surface area contributed by atoms with E-state index in [2.05, 4.69) is 465 Å². The average Bonchev–Trinajstić information content (AvgIpc) is 0.775. The molecule has 120 heavy (non-hydrogen) atoms. The molecule has 16 aromatic carbocycles. The highest BCUT2D eigenvalue weighted by Gasteiger charge is 2.45. The smallest absolute Gasteiger partial charge is 0.249 e. The second-order valence-electron chi connectivity index (χ2n) is 38.6. The summed E-state index contributed by atoms with van der Waals surface area (Å²) < 4.78 is 2.44. The van der Waals surface area contributed by atoms with Gasteiger partial charge in [-0.05, 0) is 263 Å². The molecule has 0 saturated heterocycles. The fourth-order valence-corrected chi connectivity index (χ4v) is 19.6. The summed E-state index contributed by atoms with van der Waals surface area (Å²) in [7, 11) is 0. The second kappa shape index (κ2) is 29.8. The largest absolute Gasteiger partial charge is 0.310 e. The monoisotopic (exact) mass is 1570 g/mol. The summed E-state index contributed by atoms with van der Waals surface area (Å²) in [5, 5.41) is 2.43. The molecular weight excluding hydrogens is 1460 g/mol. The molecule has 2 nitrogen and oxygen atoms in total. The quantitative estimate of drug-likeness (QED) is 0.113. The van der Waals surface area contributed by atoms with Crippen molar-refractivity contribution in [3.63, 3.8) is 0 Å². The zero-order valence-electron chi connectivity index (χ0n) is 71.9. The number of fused-ring (bicyclic) bond motifs is 7. The van der Waals surface area contributed by atoms with Gasteiger partial charge in [0.05, 0.1) is 16.7 Å². The van der Waals surface area contributed by atoms with Crippen LogP contribution in [0.3, 0.4) is 0 Å². The van der Waals surface area contributed by atoms with Crippen molar-refractivity contribution < 1.29 is 0 Å². The second-order valence-corrected chi connectivity index (χ2v) is 39.7. The molecule has 4 heteroatoms. The van der Waals surface area contributed by atoms with Gasteiger partial charge in [0.25, 0.3) is 0 Å². The molecule has 0 bridgehead atoms. The van der Waals surface area contributed by atoms with Gasteiger partial charge in [0.2, 0.25) is 6.71 Å². The Balaban J connectivity index is 0.986. The number of hydrogen-bond acceptors (Lipinski definition) is 2. The first kappa shape index (κ1) is 77.4. The molecule has 0 saturated carbocycles. The lowest BCUT2D eigenvalue weighted by atomic mass is 9.34. The van der Waals surface area contributed by atoms with Crippen molar-refractivity contribution in [1.82, 2.24) is 4.57 Å². The third kappa shape index (κ3) is 14.4. The number of anilines is 3. The lowest BCUT2D eigenvalue weighted by Crippen LogP contribution is -2.60. The van der Waals surface area contributed by atoms with Gasteiger partial charge < -0.3 is 9.47 Å². The first-order valence-corrected chi connectivity index (χ1v) is 43.6. The molecule has 0 amide bonds. The maximum Gasteiger partial charge on any atom is 0.249 e. The predicted molar refractivity (Wildman–Crippen MR) is 519 cm³/mol. The SMILES string of the molecule is CC(C)(C)c1cc(-c2ccc3c(c2)N(c2c(-c4cccc(-c5ccccc5)c4)cc(C(C)(C)C)cc2-c2cccc(-c4ccccc4)c2)c2cc(-c4ccc5c(c4)c4ccccc4n5-c4ccccc4)cc4c2B3c2cc(-c3cc(-c5ccccc5)cc(-c5ccccc5)c3)cc(-c3cc(C(C)(C)C)cc(C(C)(C)C)c3)c2S4)cc(C(C)(C)C)c1. The van der Waals surface area contributed by atoms with Gasteiger partial charge in [-0.3, -0.25) is 0 Å². The minimum absolute atomic E-state index is 0.135. The molecule has 2 aliphatic heterocycles. The molecule has 17 aromatic rings. The average molecular weight is 1570 g/mol. The van der Waals surface area contributed by atoms with Crippen LogP contribution in [0.1, 0.15) is 132 Å². The van der Waals surface area contributed by atoms with Crippen molar-refractivity contribution in [1.29, 1.82) is 0 Å². The Morgan fingerprint density at radius 3 is 1.11 bits per heavy atom. The zero-order chi connectivity index (χ0) is 82.9. The fourth-order valence-electron chi connectivity index (χ4n) is 18.3. The van der Waals surface area contributed by atoms with Crippen LogP contribution in [-0.4, -0.2) is 11.3 Å². The van der Waals surface area contributed by atoms with Crippen LogP contribution in [0.4, 0.5) is 17.1 Å².